The number of piperidine rings is 1. The van der Waals surface area contributed by atoms with Crippen molar-refractivity contribution in [2.45, 2.75) is 30.7 Å². The van der Waals surface area contributed by atoms with E-state index in [0.29, 0.717) is 24.3 Å². The van der Waals surface area contributed by atoms with Crippen LogP contribution in [0.4, 0.5) is 5.69 Å². The first-order chi connectivity index (χ1) is 9.34. The van der Waals surface area contributed by atoms with Crippen molar-refractivity contribution in [3.8, 4) is 0 Å². The van der Waals surface area contributed by atoms with Gasteiger partial charge in [-0.1, -0.05) is 12.1 Å². The number of nitrogens with zero attached hydrogens (tertiary/aromatic N) is 2. The average molecular weight is 297 g/mol. The maximum Gasteiger partial charge on any atom is 0.245 e. The van der Waals surface area contributed by atoms with Crippen LogP contribution in [0.15, 0.2) is 23.1 Å². The smallest absolute Gasteiger partial charge is 0.245 e. The van der Waals surface area contributed by atoms with Crippen LogP contribution in [0.1, 0.15) is 18.4 Å². The van der Waals surface area contributed by atoms with Gasteiger partial charge in [-0.25, -0.2) is 8.42 Å². The maximum atomic E-state index is 12.8. The summed E-state index contributed by atoms with van der Waals surface area (Å²) in [5.74, 6) is 0. The molecular formula is C14H23N3O2S. The fourth-order valence-electron chi connectivity index (χ4n) is 2.72. The lowest BCUT2D eigenvalue weighted by atomic mass is 10.1. The number of nitrogen functional groups attached to an aromatic ring is 1. The molecule has 1 aliphatic rings. The Kier molecular flexibility index (Phi) is 4.36. The quantitative estimate of drug-likeness (QED) is 0.854. The Morgan fingerprint density at radius 3 is 2.65 bits per heavy atom. The molecule has 1 saturated heterocycles. The highest BCUT2D eigenvalue weighted by molar-refractivity contribution is 7.89. The topological polar surface area (TPSA) is 66.6 Å². The Labute approximate surface area is 121 Å². The number of likely N-dealkylation sites (N-methyl/N-ethyl adjacent to an activating group) is 1. The fourth-order valence-corrected chi connectivity index (χ4v) is 4.55. The number of aryl methyl sites for hydroxylation is 1. The average Bonchev–Trinajstić information content (AvgIpc) is 2.38. The van der Waals surface area contributed by atoms with E-state index in [0.717, 1.165) is 12.8 Å². The Morgan fingerprint density at radius 1 is 1.35 bits per heavy atom. The van der Waals surface area contributed by atoms with E-state index in [1.165, 1.54) is 0 Å². The molecule has 0 aliphatic carbocycles. The lowest BCUT2D eigenvalue weighted by molar-refractivity contribution is 0.190. The van der Waals surface area contributed by atoms with Gasteiger partial charge in [-0.05, 0) is 45.5 Å². The van der Waals surface area contributed by atoms with E-state index in [1.54, 1.807) is 29.4 Å². The van der Waals surface area contributed by atoms with Gasteiger partial charge >= 0.3 is 0 Å². The summed E-state index contributed by atoms with van der Waals surface area (Å²) >= 11 is 0. The summed E-state index contributed by atoms with van der Waals surface area (Å²) in [6, 6.07) is 5.48. The molecule has 0 aromatic heterocycles. The van der Waals surface area contributed by atoms with Crippen LogP contribution in [0.5, 0.6) is 0 Å². The van der Waals surface area contributed by atoms with Crippen LogP contribution in [0, 0.1) is 6.92 Å². The number of nitrogens with two attached hydrogens (primary N) is 1. The van der Waals surface area contributed by atoms with Crippen LogP contribution < -0.4 is 5.73 Å². The first kappa shape index (κ1) is 15.3. The molecule has 1 fully saturated rings. The van der Waals surface area contributed by atoms with E-state index in [-0.39, 0.29) is 10.9 Å². The Hall–Kier alpha value is -1.11. The van der Waals surface area contributed by atoms with Gasteiger partial charge in [0.2, 0.25) is 10.0 Å². The van der Waals surface area contributed by atoms with Gasteiger partial charge in [0.25, 0.3) is 0 Å². The summed E-state index contributed by atoms with van der Waals surface area (Å²) in [7, 11) is 0.470. The molecule has 6 heteroatoms. The van der Waals surface area contributed by atoms with Gasteiger partial charge in [-0.3, -0.25) is 0 Å². The Morgan fingerprint density at radius 2 is 2.05 bits per heavy atom. The third-order valence-electron chi connectivity index (χ3n) is 3.93. The molecular weight excluding hydrogens is 274 g/mol. The number of benzene rings is 1. The normalized spacial score (nSPS) is 21.3. The highest BCUT2D eigenvalue weighted by Crippen LogP contribution is 2.28. The second-order valence-corrected chi connectivity index (χ2v) is 7.49. The lowest BCUT2D eigenvalue weighted by Crippen LogP contribution is -2.47. The predicted octanol–water partition coefficient (Wildman–Crippen LogP) is 1.29. The molecule has 0 spiro atoms. The zero-order valence-electron chi connectivity index (χ0n) is 12.3. The predicted molar refractivity (Wildman–Crippen MR) is 81.1 cm³/mol. The van der Waals surface area contributed by atoms with Gasteiger partial charge in [-0.2, -0.15) is 4.31 Å². The van der Waals surface area contributed by atoms with Crippen molar-refractivity contribution in [2.75, 3.05) is 32.9 Å². The molecule has 2 rings (SSSR count). The molecule has 0 bridgehead atoms. The van der Waals surface area contributed by atoms with Gasteiger partial charge in [-0.15, -0.1) is 0 Å². The van der Waals surface area contributed by atoms with E-state index in [2.05, 4.69) is 4.90 Å². The summed E-state index contributed by atoms with van der Waals surface area (Å²) in [6.45, 7) is 2.89. The van der Waals surface area contributed by atoms with Gasteiger partial charge in [0.15, 0.2) is 0 Å². The van der Waals surface area contributed by atoms with Crippen molar-refractivity contribution in [2.24, 2.45) is 0 Å². The van der Waals surface area contributed by atoms with Crippen molar-refractivity contribution in [1.29, 1.82) is 0 Å². The Bertz CT molecular complexity index is 564. The molecule has 1 aromatic carbocycles. The molecule has 0 radical (unpaired) electrons. The second kappa shape index (κ2) is 5.71. The van der Waals surface area contributed by atoms with E-state index in [1.807, 2.05) is 14.1 Å². The first-order valence-electron chi connectivity index (χ1n) is 6.85. The van der Waals surface area contributed by atoms with Gasteiger partial charge in [0.05, 0.1) is 5.69 Å². The third-order valence-corrected chi connectivity index (χ3v) is 6.01. The molecule has 1 unspecified atom stereocenters. The highest BCUT2D eigenvalue weighted by atomic mass is 32.2. The standard InChI is InChI=1S/C14H23N3O2S/c1-11-6-4-8-13(15)14(11)20(18,19)17-9-5-7-12(10-17)16(2)3/h4,6,8,12H,5,7,9-10,15H2,1-3H3. The third kappa shape index (κ3) is 2.82. The molecule has 5 nitrogen and oxygen atoms in total. The van der Waals surface area contributed by atoms with Gasteiger partial charge in [0, 0.05) is 19.1 Å². The zero-order chi connectivity index (χ0) is 14.9. The van der Waals surface area contributed by atoms with Crippen LogP contribution in [0.25, 0.3) is 0 Å². The summed E-state index contributed by atoms with van der Waals surface area (Å²) < 4.78 is 27.2. The molecule has 0 amide bonds. The van der Waals surface area contributed by atoms with Crippen LogP contribution >= 0.6 is 0 Å². The number of rotatable bonds is 3. The number of hydrogen-bond acceptors (Lipinski definition) is 4. The van der Waals surface area contributed by atoms with E-state index >= 15 is 0 Å². The molecule has 112 valence electrons. The molecule has 1 aliphatic heterocycles. The van der Waals surface area contributed by atoms with Crippen LogP contribution in [0.3, 0.4) is 0 Å². The van der Waals surface area contributed by atoms with Crippen molar-refractivity contribution in [3.05, 3.63) is 23.8 Å². The molecule has 20 heavy (non-hydrogen) atoms. The minimum atomic E-state index is -3.51. The van der Waals surface area contributed by atoms with E-state index in [4.69, 9.17) is 5.73 Å². The molecule has 0 saturated carbocycles. The molecule has 1 heterocycles. The van der Waals surface area contributed by atoms with Crippen molar-refractivity contribution in [1.82, 2.24) is 9.21 Å². The minimum Gasteiger partial charge on any atom is -0.398 e. The zero-order valence-corrected chi connectivity index (χ0v) is 13.2. The largest absolute Gasteiger partial charge is 0.398 e. The molecule has 1 atom stereocenters. The van der Waals surface area contributed by atoms with Crippen molar-refractivity contribution < 1.29 is 8.42 Å². The SMILES string of the molecule is Cc1cccc(N)c1S(=O)(=O)N1CCCC(N(C)C)C1. The number of hydrogen-bond donors (Lipinski definition) is 1. The van der Waals surface area contributed by atoms with Gasteiger partial charge in [0.1, 0.15) is 4.90 Å². The Balaban J connectivity index is 2.35. The second-order valence-electron chi connectivity index (χ2n) is 5.62. The fraction of sp³-hybridized carbons (Fsp3) is 0.571. The van der Waals surface area contributed by atoms with Crippen LogP contribution in [-0.2, 0) is 10.0 Å². The molecule has 2 N–H and O–H groups in total. The number of anilines is 1. The first-order valence-corrected chi connectivity index (χ1v) is 8.29. The lowest BCUT2D eigenvalue weighted by Gasteiger charge is -2.35. The van der Waals surface area contributed by atoms with E-state index in [9.17, 15) is 8.42 Å². The van der Waals surface area contributed by atoms with Crippen LogP contribution in [0.2, 0.25) is 0 Å². The number of sulfonamides is 1. The highest BCUT2D eigenvalue weighted by Gasteiger charge is 2.32. The summed E-state index contributed by atoms with van der Waals surface area (Å²) in [5, 5.41) is 0. The summed E-state index contributed by atoms with van der Waals surface area (Å²) in [6.07, 6.45) is 1.91. The van der Waals surface area contributed by atoms with Crippen molar-refractivity contribution in [3.63, 3.8) is 0 Å². The summed E-state index contributed by atoms with van der Waals surface area (Å²) in [4.78, 5) is 2.35. The minimum absolute atomic E-state index is 0.263. The monoisotopic (exact) mass is 297 g/mol. The van der Waals surface area contributed by atoms with Gasteiger partial charge < -0.3 is 10.6 Å². The summed E-state index contributed by atoms with van der Waals surface area (Å²) in [5.41, 5.74) is 6.93. The maximum absolute atomic E-state index is 12.8. The van der Waals surface area contributed by atoms with Crippen molar-refractivity contribution >= 4 is 15.7 Å². The van der Waals surface area contributed by atoms with Crippen LogP contribution in [-0.4, -0.2) is 50.8 Å². The van der Waals surface area contributed by atoms with E-state index < -0.39 is 10.0 Å². The molecule has 1 aromatic rings.